The van der Waals surface area contributed by atoms with Crippen LogP contribution in [0.25, 0.3) is 0 Å². The van der Waals surface area contributed by atoms with Gasteiger partial charge in [0.2, 0.25) is 11.9 Å². The van der Waals surface area contributed by atoms with Gasteiger partial charge in [0.15, 0.2) is 0 Å². The highest BCUT2D eigenvalue weighted by Gasteiger charge is 2.19. The Bertz CT molecular complexity index is 405. The molecule has 1 saturated heterocycles. The van der Waals surface area contributed by atoms with Crippen LogP contribution in [0.1, 0.15) is 32.1 Å². The van der Waals surface area contributed by atoms with Crippen molar-refractivity contribution in [2.45, 2.75) is 38.1 Å². The number of nitrogens with zero attached hydrogens (tertiary/aromatic N) is 2. The van der Waals surface area contributed by atoms with Crippen LogP contribution in [0.3, 0.4) is 0 Å². The SMILES string of the molecule is O=C(Nc1nccc(Cl)n1)C1CCCCCCN1. The Labute approximate surface area is 111 Å². The zero-order chi connectivity index (χ0) is 12.8. The summed E-state index contributed by atoms with van der Waals surface area (Å²) in [7, 11) is 0. The molecule has 18 heavy (non-hydrogen) atoms. The average Bonchev–Trinajstić information content (AvgIpc) is 2.28. The minimum Gasteiger partial charge on any atom is -0.306 e. The third-order valence-corrected chi connectivity index (χ3v) is 3.19. The molecule has 5 nitrogen and oxygen atoms in total. The van der Waals surface area contributed by atoms with Gasteiger partial charge in [-0.2, -0.15) is 0 Å². The molecule has 2 N–H and O–H groups in total. The van der Waals surface area contributed by atoms with Gasteiger partial charge in [-0.25, -0.2) is 9.97 Å². The van der Waals surface area contributed by atoms with Crippen LogP contribution in [0.15, 0.2) is 12.3 Å². The molecule has 0 aliphatic carbocycles. The zero-order valence-corrected chi connectivity index (χ0v) is 10.9. The predicted octanol–water partition coefficient (Wildman–Crippen LogP) is 1.99. The highest BCUT2D eigenvalue weighted by atomic mass is 35.5. The number of carbonyl (C=O) groups excluding carboxylic acids is 1. The van der Waals surface area contributed by atoms with Crippen LogP contribution in [0, 0.1) is 0 Å². The molecular formula is C12H17ClN4O. The molecule has 2 rings (SSSR count). The molecule has 1 aliphatic rings. The average molecular weight is 269 g/mol. The lowest BCUT2D eigenvalue weighted by Gasteiger charge is -2.20. The van der Waals surface area contributed by atoms with Crippen molar-refractivity contribution < 1.29 is 4.79 Å². The Hall–Kier alpha value is -1.20. The number of aromatic nitrogens is 2. The van der Waals surface area contributed by atoms with Crippen molar-refractivity contribution in [2.24, 2.45) is 0 Å². The molecule has 1 aromatic rings. The number of hydrogen-bond donors (Lipinski definition) is 2. The minimum absolute atomic E-state index is 0.0841. The topological polar surface area (TPSA) is 66.9 Å². The number of anilines is 1. The monoisotopic (exact) mass is 268 g/mol. The second kappa shape index (κ2) is 6.66. The van der Waals surface area contributed by atoms with Crippen molar-refractivity contribution in [2.75, 3.05) is 11.9 Å². The third kappa shape index (κ3) is 3.92. The molecule has 98 valence electrons. The first-order valence-electron chi connectivity index (χ1n) is 6.28. The van der Waals surface area contributed by atoms with E-state index in [1.807, 2.05) is 0 Å². The zero-order valence-electron chi connectivity index (χ0n) is 10.2. The second-order valence-electron chi connectivity index (χ2n) is 4.40. The summed E-state index contributed by atoms with van der Waals surface area (Å²) in [6.45, 7) is 0.883. The van der Waals surface area contributed by atoms with Gasteiger partial charge in [-0.05, 0) is 25.5 Å². The maximum Gasteiger partial charge on any atom is 0.243 e. The molecule has 0 saturated carbocycles. The largest absolute Gasteiger partial charge is 0.306 e. The fourth-order valence-corrected chi connectivity index (χ4v) is 2.16. The Kier molecular flexibility index (Phi) is 4.90. The number of amides is 1. The summed E-state index contributed by atoms with van der Waals surface area (Å²) in [6, 6.07) is 1.42. The Morgan fingerprint density at radius 3 is 3.06 bits per heavy atom. The number of nitrogens with one attached hydrogen (secondary N) is 2. The Balaban J connectivity index is 1.93. The summed E-state index contributed by atoms with van der Waals surface area (Å²) in [6.07, 6.45) is 7.00. The first kappa shape index (κ1) is 13.2. The van der Waals surface area contributed by atoms with Crippen molar-refractivity contribution >= 4 is 23.5 Å². The lowest BCUT2D eigenvalue weighted by atomic mass is 10.0. The van der Waals surface area contributed by atoms with Crippen molar-refractivity contribution in [1.82, 2.24) is 15.3 Å². The van der Waals surface area contributed by atoms with Gasteiger partial charge in [0, 0.05) is 6.20 Å². The van der Waals surface area contributed by atoms with Crippen molar-refractivity contribution in [3.63, 3.8) is 0 Å². The molecule has 0 radical (unpaired) electrons. The molecule has 1 unspecified atom stereocenters. The standard InChI is InChI=1S/C12H17ClN4O/c13-10-6-8-15-12(16-10)17-11(18)9-5-3-1-2-4-7-14-9/h6,8-9,14H,1-5,7H2,(H,15,16,17,18). The van der Waals surface area contributed by atoms with Crippen LogP contribution in [0.4, 0.5) is 5.95 Å². The molecule has 1 amide bonds. The van der Waals surface area contributed by atoms with Gasteiger partial charge in [-0.15, -0.1) is 0 Å². The van der Waals surface area contributed by atoms with E-state index in [1.54, 1.807) is 6.07 Å². The van der Waals surface area contributed by atoms with Gasteiger partial charge in [0.25, 0.3) is 0 Å². The van der Waals surface area contributed by atoms with Gasteiger partial charge in [-0.3, -0.25) is 10.1 Å². The fourth-order valence-electron chi connectivity index (χ4n) is 2.02. The molecule has 0 bridgehead atoms. The predicted molar refractivity (Wildman–Crippen MR) is 70.5 cm³/mol. The van der Waals surface area contributed by atoms with Gasteiger partial charge >= 0.3 is 0 Å². The smallest absolute Gasteiger partial charge is 0.243 e. The summed E-state index contributed by atoms with van der Waals surface area (Å²) < 4.78 is 0. The summed E-state index contributed by atoms with van der Waals surface area (Å²) in [5, 5.41) is 6.27. The summed E-state index contributed by atoms with van der Waals surface area (Å²) in [4.78, 5) is 20.0. The van der Waals surface area contributed by atoms with Crippen LogP contribution in [-0.4, -0.2) is 28.5 Å². The molecule has 0 aromatic carbocycles. The molecule has 1 aliphatic heterocycles. The number of hydrogen-bond acceptors (Lipinski definition) is 4. The second-order valence-corrected chi connectivity index (χ2v) is 4.79. The summed E-state index contributed by atoms with van der Waals surface area (Å²) >= 11 is 5.74. The number of halogens is 1. The van der Waals surface area contributed by atoms with Crippen molar-refractivity contribution in [3.05, 3.63) is 17.4 Å². The van der Waals surface area contributed by atoms with E-state index in [1.165, 1.54) is 19.0 Å². The molecule has 1 atom stereocenters. The normalized spacial score (nSPS) is 20.8. The Morgan fingerprint density at radius 1 is 1.39 bits per heavy atom. The minimum atomic E-state index is -0.159. The lowest BCUT2D eigenvalue weighted by molar-refractivity contribution is -0.118. The maximum atomic E-state index is 12.0. The van der Waals surface area contributed by atoms with Crippen molar-refractivity contribution in [3.8, 4) is 0 Å². The van der Waals surface area contributed by atoms with Gasteiger partial charge in [0.05, 0.1) is 6.04 Å². The molecular weight excluding hydrogens is 252 g/mol. The van der Waals surface area contributed by atoms with Crippen LogP contribution in [0.5, 0.6) is 0 Å². The molecule has 6 heteroatoms. The first-order chi connectivity index (χ1) is 8.75. The summed E-state index contributed by atoms with van der Waals surface area (Å²) in [5.74, 6) is 0.176. The van der Waals surface area contributed by atoms with Crippen LogP contribution < -0.4 is 10.6 Å². The summed E-state index contributed by atoms with van der Waals surface area (Å²) in [5.41, 5.74) is 0. The van der Waals surface area contributed by atoms with E-state index in [0.29, 0.717) is 5.15 Å². The van der Waals surface area contributed by atoms with E-state index in [9.17, 15) is 4.79 Å². The van der Waals surface area contributed by atoms with E-state index >= 15 is 0 Å². The van der Waals surface area contributed by atoms with E-state index in [-0.39, 0.29) is 17.9 Å². The number of rotatable bonds is 2. The van der Waals surface area contributed by atoms with Crippen LogP contribution >= 0.6 is 11.6 Å². The molecule has 1 fully saturated rings. The highest BCUT2D eigenvalue weighted by Crippen LogP contribution is 2.11. The quantitative estimate of drug-likeness (QED) is 0.805. The van der Waals surface area contributed by atoms with Crippen LogP contribution in [0.2, 0.25) is 5.15 Å². The van der Waals surface area contributed by atoms with Crippen molar-refractivity contribution in [1.29, 1.82) is 0 Å². The van der Waals surface area contributed by atoms with E-state index in [2.05, 4.69) is 20.6 Å². The third-order valence-electron chi connectivity index (χ3n) is 2.98. The molecule has 2 heterocycles. The van der Waals surface area contributed by atoms with E-state index < -0.39 is 0 Å². The molecule has 1 aromatic heterocycles. The fraction of sp³-hybridized carbons (Fsp3) is 0.583. The highest BCUT2D eigenvalue weighted by molar-refractivity contribution is 6.29. The maximum absolute atomic E-state index is 12.0. The van der Waals surface area contributed by atoms with Crippen LogP contribution in [-0.2, 0) is 4.79 Å². The van der Waals surface area contributed by atoms with E-state index in [4.69, 9.17) is 11.6 Å². The first-order valence-corrected chi connectivity index (χ1v) is 6.66. The molecule has 0 spiro atoms. The van der Waals surface area contributed by atoms with Gasteiger partial charge < -0.3 is 5.32 Å². The Morgan fingerprint density at radius 2 is 2.22 bits per heavy atom. The number of carbonyl (C=O) groups is 1. The lowest BCUT2D eigenvalue weighted by Crippen LogP contribution is -2.41. The van der Waals surface area contributed by atoms with Gasteiger partial charge in [0.1, 0.15) is 5.15 Å². The van der Waals surface area contributed by atoms with Gasteiger partial charge in [-0.1, -0.05) is 30.9 Å². The van der Waals surface area contributed by atoms with E-state index in [0.717, 1.165) is 25.8 Å².